The molecule has 2 amide bonds. The van der Waals surface area contributed by atoms with Gasteiger partial charge in [0.05, 0.1) is 22.4 Å². The van der Waals surface area contributed by atoms with E-state index in [1.165, 1.54) is 35.9 Å². The van der Waals surface area contributed by atoms with E-state index in [4.69, 9.17) is 17.3 Å². The van der Waals surface area contributed by atoms with Gasteiger partial charge < -0.3 is 21.5 Å². The molecule has 37 heavy (non-hydrogen) atoms. The molecule has 4 aromatic rings. The Morgan fingerprint density at radius 2 is 1.81 bits per heavy atom. The Labute approximate surface area is 214 Å². The van der Waals surface area contributed by atoms with Crippen LogP contribution >= 0.6 is 11.6 Å². The lowest BCUT2D eigenvalue weighted by molar-refractivity contribution is 0.0918. The minimum absolute atomic E-state index is 0.00675. The molecule has 0 saturated carbocycles. The summed E-state index contributed by atoms with van der Waals surface area (Å²) in [4.78, 5) is 29.5. The quantitative estimate of drug-likeness (QED) is 0.289. The molecule has 0 aliphatic rings. The summed E-state index contributed by atoms with van der Waals surface area (Å²) < 4.78 is 29.3. The molecule has 4 rings (SSSR count). The van der Waals surface area contributed by atoms with Crippen LogP contribution in [0.5, 0.6) is 0 Å². The number of amides is 2. The smallest absolute Gasteiger partial charge is 0.271 e. The monoisotopic (exact) mass is 526 g/mol. The fourth-order valence-electron chi connectivity index (χ4n) is 3.39. The third-order valence-electron chi connectivity index (χ3n) is 5.18. The second-order valence-corrected chi connectivity index (χ2v) is 8.46. The zero-order chi connectivity index (χ0) is 26.7. The number of hydrogen-bond acceptors (Lipinski definition) is 6. The number of para-hydroxylation sites is 1. The van der Waals surface area contributed by atoms with Crippen molar-refractivity contribution in [1.29, 1.82) is 0 Å². The summed E-state index contributed by atoms with van der Waals surface area (Å²) in [6.07, 6.45) is -0.760. The standard InChI is InChI=1S/C25H21ClF2N6O3/c1-13(35)12-30-25(37)20-11-21(34(33-20)15-5-3-2-4-6-15)31-24(36)16-9-14(7-8-17(16)26)22-18(27)10-19(28)23(29)32-22/h2-11,13,35H,12H2,1H3,(H2,29,32)(H,30,37)(H,31,36)/t13-/m1/s1. The summed E-state index contributed by atoms with van der Waals surface area (Å²) in [5.74, 6) is -3.55. The van der Waals surface area contributed by atoms with Gasteiger partial charge in [-0.15, -0.1) is 0 Å². The average Bonchev–Trinajstić information content (AvgIpc) is 3.29. The number of aromatic nitrogens is 3. The van der Waals surface area contributed by atoms with Gasteiger partial charge in [-0.2, -0.15) is 5.10 Å². The molecule has 0 unspecified atom stereocenters. The fraction of sp³-hybridized carbons (Fsp3) is 0.120. The lowest BCUT2D eigenvalue weighted by atomic mass is 10.1. The first kappa shape index (κ1) is 25.7. The third kappa shape index (κ3) is 5.74. The van der Waals surface area contributed by atoms with Crippen LogP contribution in [0.4, 0.5) is 20.4 Å². The van der Waals surface area contributed by atoms with Crippen LogP contribution in [0.25, 0.3) is 16.9 Å². The van der Waals surface area contributed by atoms with Crippen molar-refractivity contribution in [3.63, 3.8) is 0 Å². The van der Waals surface area contributed by atoms with Gasteiger partial charge in [0, 0.05) is 24.2 Å². The van der Waals surface area contributed by atoms with Crippen molar-refractivity contribution in [2.45, 2.75) is 13.0 Å². The number of aliphatic hydroxyl groups excluding tert-OH is 1. The van der Waals surface area contributed by atoms with E-state index in [-0.39, 0.29) is 39.9 Å². The number of anilines is 2. The lowest BCUT2D eigenvalue weighted by Gasteiger charge is -2.11. The third-order valence-corrected chi connectivity index (χ3v) is 5.51. The molecule has 0 aliphatic heterocycles. The molecular weight excluding hydrogens is 506 g/mol. The first-order valence-corrected chi connectivity index (χ1v) is 11.4. The number of benzene rings is 2. The van der Waals surface area contributed by atoms with Crippen LogP contribution in [-0.2, 0) is 0 Å². The van der Waals surface area contributed by atoms with Gasteiger partial charge in [0.15, 0.2) is 23.1 Å². The maximum Gasteiger partial charge on any atom is 0.271 e. The van der Waals surface area contributed by atoms with Crippen LogP contribution in [0, 0.1) is 11.6 Å². The second-order valence-electron chi connectivity index (χ2n) is 8.06. The van der Waals surface area contributed by atoms with Gasteiger partial charge in [0.1, 0.15) is 11.5 Å². The lowest BCUT2D eigenvalue weighted by Crippen LogP contribution is -2.30. The highest BCUT2D eigenvalue weighted by molar-refractivity contribution is 6.34. The highest BCUT2D eigenvalue weighted by Crippen LogP contribution is 2.28. The minimum Gasteiger partial charge on any atom is -0.392 e. The average molecular weight is 527 g/mol. The predicted octanol–water partition coefficient (Wildman–Crippen LogP) is 3.81. The second kappa shape index (κ2) is 10.7. The number of carbonyl (C=O) groups is 2. The van der Waals surface area contributed by atoms with Gasteiger partial charge in [0.2, 0.25) is 0 Å². The van der Waals surface area contributed by atoms with E-state index in [0.29, 0.717) is 11.8 Å². The topological polar surface area (TPSA) is 135 Å². The van der Waals surface area contributed by atoms with Crippen molar-refractivity contribution in [3.8, 4) is 16.9 Å². The van der Waals surface area contributed by atoms with Crippen molar-refractivity contribution in [1.82, 2.24) is 20.1 Å². The Morgan fingerprint density at radius 3 is 2.51 bits per heavy atom. The molecule has 1 atom stereocenters. The Kier molecular flexibility index (Phi) is 7.46. The summed E-state index contributed by atoms with van der Waals surface area (Å²) in [6.45, 7) is 1.54. The SMILES string of the molecule is C[C@@H](O)CNC(=O)c1cc(NC(=O)c2cc(-c3nc(N)c(F)cc3F)ccc2Cl)n(-c2ccccc2)n1. The zero-order valence-corrected chi connectivity index (χ0v) is 20.1. The zero-order valence-electron chi connectivity index (χ0n) is 19.4. The number of nitrogens with one attached hydrogen (secondary N) is 2. The van der Waals surface area contributed by atoms with E-state index in [1.807, 2.05) is 0 Å². The number of hydrogen-bond donors (Lipinski definition) is 4. The van der Waals surface area contributed by atoms with E-state index in [0.717, 1.165) is 0 Å². The van der Waals surface area contributed by atoms with Crippen molar-refractivity contribution in [2.24, 2.45) is 0 Å². The van der Waals surface area contributed by atoms with Gasteiger partial charge in [-0.1, -0.05) is 35.9 Å². The Morgan fingerprint density at radius 1 is 1.08 bits per heavy atom. The largest absolute Gasteiger partial charge is 0.392 e. The summed E-state index contributed by atoms with van der Waals surface area (Å²) in [5.41, 5.74) is 5.88. The number of nitrogen functional groups attached to an aromatic ring is 1. The van der Waals surface area contributed by atoms with Gasteiger partial charge in [-0.05, 0) is 31.2 Å². The molecule has 0 fully saturated rings. The number of nitrogens with two attached hydrogens (primary N) is 1. The van der Waals surface area contributed by atoms with E-state index in [1.54, 1.807) is 30.3 Å². The number of aliphatic hydroxyl groups is 1. The van der Waals surface area contributed by atoms with Gasteiger partial charge in [0.25, 0.3) is 11.8 Å². The fourth-order valence-corrected chi connectivity index (χ4v) is 3.59. The van der Waals surface area contributed by atoms with E-state index < -0.39 is 35.4 Å². The Bertz CT molecular complexity index is 1480. The molecule has 9 nitrogen and oxygen atoms in total. The number of pyridine rings is 1. The van der Waals surface area contributed by atoms with Gasteiger partial charge >= 0.3 is 0 Å². The maximum atomic E-state index is 14.4. The molecule has 0 radical (unpaired) electrons. The summed E-state index contributed by atoms with van der Waals surface area (Å²) in [5, 5.41) is 19.0. The summed E-state index contributed by atoms with van der Waals surface area (Å²) in [7, 11) is 0. The number of rotatable bonds is 7. The Balaban J connectivity index is 1.69. The van der Waals surface area contributed by atoms with Crippen LogP contribution in [0.1, 0.15) is 27.8 Å². The van der Waals surface area contributed by atoms with E-state index >= 15 is 0 Å². The number of halogens is 3. The van der Waals surface area contributed by atoms with Crippen LogP contribution < -0.4 is 16.4 Å². The van der Waals surface area contributed by atoms with Crippen molar-refractivity contribution in [2.75, 3.05) is 17.6 Å². The van der Waals surface area contributed by atoms with Crippen LogP contribution in [0.3, 0.4) is 0 Å². The first-order chi connectivity index (χ1) is 17.6. The Hall–Kier alpha value is -4.35. The molecule has 0 saturated heterocycles. The minimum atomic E-state index is -1.00. The summed E-state index contributed by atoms with van der Waals surface area (Å²) >= 11 is 6.25. The number of carbonyl (C=O) groups excluding carboxylic acids is 2. The first-order valence-electron chi connectivity index (χ1n) is 11.0. The van der Waals surface area contributed by atoms with Crippen molar-refractivity contribution in [3.05, 3.63) is 88.6 Å². The van der Waals surface area contributed by atoms with Crippen molar-refractivity contribution >= 4 is 35.1 Å². The van der Waals surface area contributed by atoms with E-state index in [9.17, 15) is 23.5 Å². The highest BCUT2D eigenvalue weighted by atomic mass is 35.5. The molecule has 5 N–H and O–H groups in total. The molecule has 2 aromatic carbocycles. The molecule has 190 valence electrons. The van der Waals surface area contributed by atoms with Crippen LogP contribution in [-0.4, -0.2) is 44.3 Å². The molecule has 2 heterocycles. The molecule has 0 bridgehead atoms. The molecule has 0 spiro atoms. The molecule has 12 heteroatoms. The summed E-state index contributed by atoms with van der Waals surface area (Å²) in [6, 6.07) is 14.8. The van der Waals surface area contributed by atoms with Crippen molar-refractivity contribution < 1.29 is 23.5 Å². The van der Waals surface area contributed by atoms with E-state index in [2.05, 4.69) is 20.7 Å². The highest BCUT2D eigenvalue weighted by Gasteiger charge is 2.21. The van der Waals surface area contributed by atoms with Gasteiger partial charge in [-0.25, -0.2) is 18.4 Å². The maximum absolute atomic E-state index is 14.4. The molecule has 0 aliphatic carbocycles. The van der Waals surface area contributed by atoms with Crippen LogP contribution in [0.2, 0.25) is 5.02 Å². The van der Waals surface area contributed by atoms with Crippen LogP contribution in [0.15, 0.2) is 60.7 Å². The molecule has 2 aromatic heterocycles. The molecular formula is C25H21ClF2N6O3. The van der Waals surface area contributed by atoms with Gasteiger partial charge in [-0.3, -0.25) is 9.59 Å². The predicted molar refractivity (Wildman–Crippen MR) is 135 cm³/mol. The normalized spacial score (nSPS) is 11.7. The number of nitrogens with zero attached hydrogens (tertiary/aromatic N) is 3.